The Labute approximate surface area is 172 Å². The van der Waals surface area contributed by atoms with Gasteiger partial charge in [0, 0.05) is 6.20 Å². The zero-order chi connectivity index (χ0) is 21.4. The first-order valence-electron chi connectivity index (χ1n) is 9.03. The minimum atomic E-state index is -0.714. The van der Waals surface area contributed by atoms with Crippen molar-refractivity contribution in [3.05, 3.63) is 84.3 Å². The Hall–Kier alpha value is -4.34. The number of nitrogens with zero attached hydrogens (tertiary/aromatic N) is 6. The maximum absolute atomic E-state index is 14.5. The van der Waals surface area contributed by atoms with Gasteiger partial charge in [-0.25, -0.2) is 17.9 Å². The van der Waals surface area contributed by atoms with Crippen LogP contribution in [0.15, 0.2) is 71.4 Å². The summed E-state index contributed by atoms with van der Waals surface area (Å²) in [7, 11) is 0. The summed E-state index contributed by atoms with van der Waals surface area (Å²) in [5.74, 6) is -2.17. The normalized spacial score (nSPS) is 11.1. The van der Waals surface area contributed by atoms with Crippen molar-refractivity contribution in [2.45, 2.75) is 0 Å². The zero-order valence-corrected chi connectivity index (χ0v) is 15.6. The molecule has 3 aromatic heterocycles. The Bertz CT molecular complexity index is 1380. The summed E-state index contributed by atoms with van der Waals surface area (Å²) >= 11 is 0. The molecule has 0 spiro atoms. The summed E-state index contributed by atoms with van der Waals surface area (Å²) in [6.07, 6.45) is 1.55. The van der Waals surface area contributed by atoms with Crippen LogP contribution in [0.3, 0.4) is 0 Å². The van der Waals surface area contributed by atoms with E-state index >= 15 is 0 Å². The van der Waals surface area contributed by atoms with E-state index in [9.17, 15) is 13.2 Å². The first-order valence-corrected chi connectivity index (χ1v) is 9.03. The van der Waals surface area contributed by atoms with Gasteiger partial charge in [-0.05, 0) is 42.5 Å². The molecule has 5 rings (SSSR count). The number of pyridine rings is 1. The van der Waals surface area contributed by atoms with Crippen LogP contribution in [0.1, 0.15) is 0 Å². The molecule has 0 bridgehead atoms. The van der Waals surface area contributed by atoms with Crippen LogP contribution >= 0.6 is 0 Å². The topological polar surface area (TPSA) is 82.5 Å². The lowest BCUT2D eigenvalue weighted by atomic mass is 10.2. The molecule has 0 aliphatic rings. The van der Waals surface area contributed by atoms with E-state index in [1.165, 1.54) is 16.8 Å². The van der Waals surface area contributed by atoms with E-state index in [0.717, 1.165) is 18.2 Å². The van der Waals surface area contributed by atoms with Crippen molar-refractivity contribution < 1.29 is 17.7 Å². The number of hydrogen-bond acceptors (Lipinski definition) is 6. The van der Waals surface area contributed by atoms with Crippen LogP contribution in [0, 0.1) is 17.5 Å². The maximum Gasteiger partial charge on any atom is 0.281 e. The van der Waals surface area contributed by atoms with Gasteiger partial charge in [0.05, 0.1) is 11.3 Å². The van der Waals surface area contributed by atoms with Gasteiger partial charge in [-0.1, -0.05) is 28.6 Å². The van der Waals surface area contributed by atoms with Gasteiger partial charge in [-0.2, -0.15) is 4.98 Å². The summed E-state index contributed by atoms with van der Waals surface area (Å²) in [5, 5.41) is 11.8. The number of rotatable bonds is 4. The molecule has 10 heteroatoms. The van der Waals surface area contributed by atoms with Crippen LogP contribution in [0.2, 0.25) is 0 Å². The lowest BCUT2D eigenvalue weighted by Gasteiger charge is -2.07. The van der Waals surface area contributed by atoms with Gasteiger partial charge in [0.2, 0.25) is 5.82 Å². The molecule has 5 aromatic rings. The van der Waals surface area contributed by atoms with Gasteiger partial charge < -0.3 is 4.52 Å². The Morgan fingerprint density at radius 2 is 1.71 bits per heavy atom. The number of halogens is 3. The second-order valence-corrected chi connectivity index (χ2v) is 6.41. The van der Waals surface area contributed by atoms with Crippen molar-refractivity contribution in [1.82, 2.24) is 30.1 Å². The highest BCUT2D eigenvalue weighted by atomic mass is 19.1. The summed E-state index contributed by atoms with van der Waals surface area (Å²) in [6, 6.07) is 14.1. The molecule has 0 aliphatic heterocycles. The van der Waals surface area contributed by atoms with Crippen molar-refractivity contribution >= 4 is 0 Å². The zero-order valence-electron chi connectivity index (χ0n) is 15.6. The van der Waals surface area contributed by atoms with E-state index in [4.69, 9.17) is 4.52 Å². The fourth-order valence-corrected chi connectivity index (χ4v) is 3.05. The second kappa shape index (κ2) is 7.48. The number of benzene rings is 2. The summed E-state index contributed by atoms with van der Waals surface area (Å²) in [5.41, 5.74) is 0.786. The molecule has 0 saturated heterocycles. The molecule has 0 aliphatic carbocycles. The van der Waals surface area contributed by atoms with Crippen molar-refractivity contribution in [2.24, 2.45) is 0 Å². The Morgan fingerprint density at radius 3 is 2.52 bits per heavy atom. The van der Waals surface area contributed by atoms with Crippen LogP contribution < -0.4 is 0 Å². The van der Waals surface area contributed by atoms with E-state index in [-0.39, 0.29) is 28.7 Å². The summed E-state index contributed by atoms with van der Waals surface area (Å²) in [6.45, 7) is 0. The average Bonchev–Trinajstić information content (AvgIpc) is 3.44. The van der Waals surface area contributed by atoms with E-state index < -0.39 is 17.5 Å². The fourth-order valence-electron chi connectivity index (χ4n) is 3.05. The first-order chi connectivity index (χ1) is 15.1. The van der Waals surface area contributed by atoms with Gasteiger partial charge >= 0.3 is 0 Å². The molecule has 0 unspecified atom stereocenters. The number of para-hydroxylation sites is 1. The lowest BCUT2D eigenvalue weighted by Crippen LogP contribution is -2.03. The third-order valence-corrected chi connectivity index (χ3v) is 4.46. The predicted octanol–water partition coefficient (Wildman–Crippen LogP) is 4.46. The molecular formula is C21H11F3N6O. The third kappa shape index (κ3) is 3.33. The van der Waals surface area contributed by atoms with Gasteiger partial charge in [0.1, 0.15) is 28.8 Å². The lowest BCUT2D eigenvalue weighted by molar-refractivity contribution is 0.430. The van der Waals surface area contributed by atoms with Crippen LogP contribution in [0.4, 0.5) is 13.2 Å². The highest BCUT2D eigenvalue weighted by molar-refractivity contribution is 5.74. The standard InChI is InChI=1S/C21H11F3N6O/c22-12-8-9-14(23)13(11-12)20-26-21(31-28-20)18-19(16-6-3-4-10-25-16)30(29-27-18)17-7-2-1-5-15(17)24/h1-11H. The molecule has 3 heterocycles. The third-order valence-electron chi connectivity index (χ3n) is 4.46. The molecule has 0 saturated carbocycles. The van der Waals surface area contributed by atoms with E-state index in [0.29, 0.717) is 11.4 Å². The van der Waals surface area contributed by atoms with E-state index in [1.807, 2.05) is 0 Å². The van der Waals surface area contributed by atoms with Crippen molar-refractivity contribution in [3.63, 3.8) is 0 Å². The van der Waals surface area contributed by atoms with Gasteiger partial charge in [0.15, 0.2) is 5.69 Å². The average molecular weight is 420 g/mol. The molecular weight excluding hydrogens is 409 g/mol. The van der Waals surface area contributed by atoms with Gasteiger partial charge in [0.25, 0.3) is 5.89 Å². The Kier molecular flexibility index (Phi) is 4.51. The van der Waals surface area contributed by atoms with Gasteiger partial charge in [-0.15, -0.1) is 5.10 Å². The molecule has 0 atom stereocenters. The van der Waals surface area contributed by atoms with Crippen LogP contribution in [-0.4, -0.2) is 30.1 Å². The molecule has 31 heavy (non-hydrogen) atoms. The van der Waals surface area contributed by atoms with E-state index in [1.54, 1.807) is 36.5 Å². The minimum absolute atomic E-state index is 0.109. The van der Waals surface area contributed by atoms with Gasteiger partial charge in [-0.3, -0.25) is 4.98 Å². The number of aromatic nitrogens is 6. The monoisotopic (exact) mass is 420 g/mol. The molecule has 0 fully saturated rings. The van der Waals surface area contributed by atoms with Crippen LogP contribution in [0.5, 0.6) is 0 Å². The first kappa shape index (κ1) is 18.7. The molecule has 0 amide bonds. The smallest absolute Gasteiger partial charge is 0.281 e. The summed E-state index contributed by atoms with van der Waals surface area (Å²) in [4.78, 5) is 8.44. The van der Waals surface area contributed by atoms with Crippen molar-refractivity contribution in [3.8, 4) is 40.0 Å². The quantitative estimate of drug-likeness (QED) is 0.427. The van der Waals surface area contributed by atoms with Crippen molar-refractivity contribution in [1.29, 1.82) is 0 Å². The number of hydrogen-bond donors (Lipinski definition) is 0. The maximum atomic E-state index is 14.5. The predicted molar refractivity (Wildman–Crippen MR) is 103 cm³/mol. The highest BCUT2D eigenvalue weighted by Crippen LogP contribution is 2.32. The molecule has 0 radical (unpaired) electrons. The second-order valence-electron chi connectivity index (χ2n) is 6.41. The fraction of sp³-hybridized carbons (Fsp3) is 0. The SMILES string of the molecule is Fc1ccc(F)c(-c2noc(-c3nnn(-c4ccccc4F)c3-c3ccccn3)n2)c1. The minimum Gasteiger partial charge on any atom is -0.332 e. The van der Waals surface area contributed by atoms with Crippen LogP contribution in [0.25, 0.3) is 40.0 Å². The van der Waals surface area contributed by atoms with Crippen molar-refractivity contribution in [2.75, 3.05) is 0 Å². The highest BCUT2D eigenvalue weighted by Gasteiger charge is 2.25. The summed E-state index contributed by atoms with van der Waals surface area (Å²) < 4.78 is 48.6. The molecule has 7 nitrogen and oxygen atoms in total. The van der Waals surface area contributed by atoms with Crippen LogP contribution in [-0.2, 0) is 0 Å². The Morgan fingerprint density at radius 1 is 0.871 bits per heavy atom. The largest absolute Gasteiger partial charge is 0.332 e. The molecule has 0 N–H and O–H groups in total. The Balaban J connectivity index is 1.68. The molecule has 2 aromatic carbocycles. The van der Waals surface area contributed by atoms with E-state index in [2.05, 4.69) is 25.4 Å². The molecule has 152 valence electrons.